The van der Waals surface area contributed by atoms with E-state index >= 15 is 0 Å². The molecule has 0 heterocycles. The van der Waals surface area contributed by atoms with Crippen molar-refractivity contribution >= 4 is 11.5 Å². The van der Waals surface area contributed by atoms with Gasteiger partial charge in [-0.25, -0.2) is 0 Å². The smallest absolute Gasteiger partial charge is 0.273 e. The average Bonchev–Trinajstić information content (AvgIpc) is 2.51. The molecule has 0 bridgehead atoms. The van der Waals surface area contributed by atoms with Crippen LogP contribution in [0.1, 0.15) is 76.7 Å². The van der Waals surface area contributed by atoms with Gasteiger partial charge in [0.25, 0.3) is 5.69 Å². The van der Waals surface area contributed by atoms with Gasteiger partial charge in [-0.1, -0.05) is 64.2 Å². The Labute approximate surface area is 133 Å². The molecule has 0 aliphatic rings. The SMILES string of the molecule is CCCCCC(=O)C(CCCCC)c1ccccc1[N+](=O)[O-]. The summed E-state index contributed by atoms with van der Waals surface area (Å²) in [5.74, 6) is -0.177. The van der Waals surface area contributed by atoms with Crippen LogP contribution >= 0.6 is 0 Å². The quantitative estimate of drug-likeness (QED) is 0.312. The van der Waals surface area contributed by atoms with E-state index in [-0.39, 0.29) is 22.3 Å². The van der Waals surface area contributed by atoms with E-state index in [4.69, 9.17) is 0 Å². The van der Waals surface area contributed by atoms with Gasteiger partial charge in [-0.3, -0.25) is 14.9 Å². The molecule has 0 aromatic heterocycles. The second-order valence-electron chi connectivity index (χ2n) is 5.79. The fourth-order valence-electron chi connectivity index (χ4n) is 2.76. The number of hydrogen-bond donors (Lipinski definition) is 0. The van der Waals surface area contributed by atoms with E-state index in [1.165, 1.54) is 6.07 Å². The van der Waals surface area contributed by atoms with Gasteiger partial charge in [-0.15, -0.1) is 0 Å². The molecule has 0 fully saturated rings. The van der Waals surface area contributed by atoms with Crippen LogP contribution < -0.4 is 0 Å². The maximum Gasteiger partial charge on any atom is 0.273 e. The third-order valence-corrected chi connectivity index (χ3v) is 4.02. The standard InChI is InChI=1S/C18H27NO3/c1-3-5-7-12-16(18(20)14-8-6-4-2)15-11-9-10-13-17(15)19(21)22/h9-11,13,16H,3-8,12,14H2,1-2H3. The number of carbonyl (C=O) groups is 1. The number of carbonyl (C=O) groups excluding carboxylic acids is 1. The molecule has 4 nitrogen and oxygen atoms in total. The molecule has 0 N–H and O–H groups in total. The predicted octanol–water partition coefficient (Wildman–Crippen LogP) is 5.41. The largest absolute Gasteiger partial charge is 0.299 e. The van der Waals surface area contributed by atoms with Crippen LogP contribution in [0.5, 0.6) is 0 Å². The first-order valence-corrected chi connectivity index (χ1v) is 8.37. The Kier molecular flexibility index (Phi) is 8.41. The molecular formula is C18H27NO3. The summed E-state index contributed by atoms with van der Waals surface area (Å²) in [4.78, 5) is 23.4. The minimum absolute atomic E-state index is 0.0767. The Morgan fingerprint density at radius 1 is 1.09 bits per heavy atom. The van der Waals surface area contributed by atoms with Crippen LogP contribution in [0.15, 0.2) is 24.3 Å². The van der Waals surface area contributed by atoms with Gasteiger partial charge in [0.2, 0.25) is 0 Å². The number of nitro benzene ring substituents is 1. The zero-order chi connectivity index (χ0) is 16.4. The van der Waals surface area contributed by atoms with E-state index < -0.39 is 0 Å². The summed E-state index contributed by atoms with van der Waals surface area (Å²) in [6.07, 6.45) is 7.28. The number of unbranched alkanes of at least 4 members (excludes halogenated alkanes) is 4. The Bertz CT molecular complexity index is 485. The summed E-state index contributed by atoms with van der Waals surface area (Å²) in [5.41, 5.74) is 0.665. The minimum Gasteiger partial charge on any atom is -0.299 e. The number of para-hydroxylation sites is 1. The van der Waals surface area contributed by atoms with Crippen molar-refractivity contribution in [1.82, 2.24) is 0 Å². The normalized spacial score (nSPS) is 12.1. The molecular weight excluding hydrogens is 278 g/mol. The summed E-state index contributed by atoms with van der Waals surface area (Å²) < 4.78 is 0. The zero-order valence-electron chi connectivity index (χ0n) is 13.7. The monoisotopic (exact) mass is 305 g/mol. The van der Waals surface area contributed by atoms with Gasteiger partial charge in [0, 0.05) is 24.0 Å². The van der Waals surface area contributed by atoms with Crippen LogP contribution in [0.25, 0.3) is 0 Å². The molecule has 122 valence electrons. The van der Waals surface area contributed by atoms with Crippen molar-refractivity contribution in [3.63, 3.8) is 0 Å². The highest BCUT2D eigenvalue weighted by Crippen LogP contribution is 2.32. The van der Waals surface area contributed by atoms with Crippen LogP contribution in [0.2, 0.25) is 0 Å². The van der Waals surface area contributed by atoms with Crippen molar-refractivity contribution in [2.24, 2.45) is 0 Å². The molecule has 1 aromatic rings. The molecule has 22 heavy (non-hydrogen) atoms. The average molecular weight is 305 g/mol. The van der Waals surface area contributed by atoms with Crippen LogP contribution in [0, 0.1) is 10.1 Å². The van der Waals surface area contributed by atoms with Crippen molar-refractivity contribution < 1.29 is 9.72 Å². The lowest BCUT2D eigenvalue weighted by atomic mass is 9.86. The Morgan fingerprint density at radius 2 is 1.73 bits per heavy atom. The molecule has 0 aliphatic carbocycles. The molecule has 0 amide bonds. The number of ketones is 1. The van der Waals surface area contributed by atoms with Gasteiger partial charge in [0.1, 0.15) is 5.78 Å². The van der Waals surface area contributed by atoms with Gasteiger partial charge >= 0.3 is 0 Å². The van der Waals surface area contributed by atoms with Crippen molar-refractivity contribution in [2.45, 2.75) is 71.1 Å². The van der Waals surface area contributed by atoms with Crippen LogP contribution in [-0.2, 0) is 4.79 Å². The number of nitrogens with zero attached hydrogens (tertiary/aromatic N) is 1. The third-order valence-electron chi connectivity index (χ3n) is 4.02. The highest BCUT2D eigenvalue weighted by atomic mass is 16.6. The number of nitro groups is 1. The van der Waals surface area contributed by atoms with Crippen molar-refractivity contribution in [1.29, 1.82) is 0 Å². The zero-order valence-corrected chi connectivity index (χ0v) is 13.7. The molecule has 1 unspecified atom stereocenters. The van der Waals surface area contributed by atoms with E-state index in [9.17, 15) is 14.9 Å². The molecule has 4 heteroatoms. The second-order valence-corrected chi connectivity index (χ2v) is 5.79. The van der Waals surface area contributed by atoms with Crippen LogP contribution in [-0.4, -0.2) is 10.7 Å². The Hall–Kier alpha value is -1.71. The van der Waals surface area contributed by atoms with E-state index in [1.807, 2.05) is 0 Å². The Morgan fingerprint density at radius 3 is 2.36 bits per heavy atom. The molecule has 0 spiro atoms. The van der Waals surface area contributed by atoms with Gasteiger partial charge in [0.15, 0.2) is 0 Å². The first-order valence-electron chi connectivity index (χ1n) is 8.37. The van der Waals surface area contributed by atoms with Crippen molar-refractivity contribution in [2.75, 3.05) is 0 Å². The second kappa shape index (κ2) is 10.1. The summed E-state index contributed by atoms with van der Waals surface area (Å²) in [7, 11) is 0. The van der Waals surface area contributed by atoms with Crippen molar-refractivity contribution in [3.05, 3.63) is 39.9 Å². The van der Waals surface area contributed by atoms with E-state index in [1.54, 1.807) is 18.2 Å². The first-order chi connectivity index (χ1) is 10.6. The lowest BCUT2D eigenvalue weighted by Gasteiger charge is -2.16. The summed E-state index contributed by atoms with van der Waals surface area (Å²) in [6.45, 7) is 4.22. The van der Waals surface area contributed by atoms with E-state index in [2.05, 4.69) is 13.8 Å². The van der Waals surface area contributed by atoms with Gasteiger partial charge in [-0.2, -0.15) is 0 Å². The van der Waals surface area contributed by atoms with E-state index in [0.29, 0.717) is 18.4 Å². The Balaban J connectivity index is 2.94. The highest BCUT2D eigenvalue weighted by Gasteiger charge is 2.26. The van der Waals surface area contributed by atoms with Gasteiger partial charge in [0.05, 0.1) is 4.92 Å². The van der Waals surface area contributed by atoms with E-state index in [0.717, 1.165) is 38.5 Å². The van der Waals surface area contributed by atoms with Gasteiger partial charge < -0.3 is 0 Å². The topological polar surface area (TPSA) is 60.2 Å². The minimum atomic E-state index is -0.374. The lowest BCUT2D eigenvalue weighted by Crippen LogP contribution is -2.14. The molecule has 1 atom stereocenters. The first kappa shape index (κ1) is 18.3. The van der Waals surface area contributed by atoms with Crippen LogP contribution in [0.4, 0.5) is 5.69 Å². The summed E-state index contributed by atoms with van der Waals surface area (Å²) >= 11 is 0. The maximum atomic E-state index is 12.6. The summed E-state index contributed by atoms with van der Waals surface area (Å²) in [6, 6.07) is 6.69. The molecule has 0 saturated heterocycles. The lowest BCUT2D eigenvalue weighted by molar-refractivity contribution is -0.385. The third kappa shape index (κ3) is 5.58. The predicted molar refractivity (Wildman–Crippen MR) is 89.1 cm³/mol. The molecule has 0 radical (unpaired) electrons. The molecule has 0 aliphatic heterocycles. The number of hydrogen-bond acceptors (Lipinski definition) is 3. The number of benzene rings is 1. The number of Topliss-reactive ketones (excluding diaryl/α,β-unsaturated/α-hetero) is 1. The molecule has 1 rings (SSSR count). The fourth-order valence-corrected chi connectivity index (χ4v) is 2.76. The number of rotatable bonds is 11. The maximum absolute atomic E-state index is 12.6. The van der Waals surface area contributed by atoms with Crippen LogP contribution in [0.3, 0.4) is 0 Å². The summed E-state index contributed by atoms with van der Waals surface area (Å²) in [5, 5.41) is 11.2. The fraction of sp³-hybridized carbons (Fsp3) is 0.611. The van der Waals surface area contributed by atoms with Crippen molar-refractivity contribution in [3.8, 4) is 0 Å². The molecule has 0 saturated carbocycles. The molecule has 1 aromatic carbocycles. The van der Waals surface area contributed by atoms with Gasteiger partial charge in [-0.05, 0) is 12.8 Å². The highest BCUT2D eigenvalue weighted by molar-refractivity contribution is 5.86.